The van der Waals surface area contributed by atoms with E-state index in [4.69, 9.17) is 31.7 Å². The molecule has 0 aromatic heterocycles. The van der Waals surface area contributed by atoms with Gasteiger partial charge in [-0.05, 0) is 71.9 Å². The Morgan fingerprint density at radius 3 is 1.74 bits per heavy atom. The van der Waals surface area contributed by atoms with Gasteiger partial charge >= 0.3 is 8.80 Å². The summed E-state index contributed by atoms with van der Waals surface area (Å²) in [6.45, 7) is 21.0. The Kier molecular flexibility index (Phi) is 22.5. The molecule has 0 aliphatic rings. The van der Waals surface area contributed by atoms with Gasteiger partial charge < -0.3 is 62.5 Å². The lowest BCUT2D eigenvalue weighted by molar-refractivity contribution is -0.148. The number of nitrogens with zero attached hydrogens (tertiary/aromatic N) is 1. The monoisotopic (exact) mass is 750 g/mol. The van der Waals surface area contributed by atoms with Gasteiger partial charge in [0.1, 0.15) is 18.3 Å². The Morgan fingerprint density at radius 1 is 0.745 bits per heavy atom. The van der Waals surface area contributed by atoms with Gasteiger partial charge in [0.2, 0.25) is 0 Å². The maximum atomic E-state index is 12.5. The van der Waals surface area contributed by atoms with Crippen molar-refractivity contribution in [3.63, 3.8) is 0 Å². The lowest BCUT2D eigenvalue weighted by Gasteiger charge is -2.43. The van der Waals surface area contributed by atoms with Gasteiger partial charge in [0.15, 0.2) is 31.1 Å². The molecule has 0 aliphatic heterocycles. The number of nitrogens with one attached hydrogen (secondary N) is 1. The maximum absolute atomic E-state index is 12.5. The second kappa shape index (κ2) is 22.6. The molecule has 282 valence electrons. The van der Waals surface area contributed by atoms with Gasteiger partial charge in [0.25, 0.3) is 5.91 Å². The molecule has 5 unspecified atom stereocenters. The third kappa shape index (κ3) is 23.0. The number of carbonyl (C=O) groups is 1. The lowest BCUT2D eigenvalue weighted by Crippen LogP contribution is -2.60. The molecule has 19 heteroatoms. The molecule has 0 spiro atoms. The molecule has 0 aromatic carbocycles. The Bertz CT molecular complexity index is 806. The van der Waals surface area contributed by atoms with E-state index in [0.717, 1.165) is 0 Å². The van der Waals surface area contributed by atoms with Crippen LogP contribution in [0.1, 0.15) is 6.42 Å². The van der Waals surface area contributed by atoms with E-state index in [-0.39, 0.29) is 26.2 Å². The molecule has 0 aliphatic carbocycles. The third-order valence-corrected chi connectivity index (χ3v) is 18.2. The molecule has 0 heterocycles. The van der Waals surface area contributed by atoms with Crippen LogP contribution in [-0.2, 0) is 31.4 Å². The van der Waals surface area contributed by atoms with Crippen molar-refractivity contribution in [2.24, 2.45) is 0 Å². The first-order chi connectivity index (χ1) is 21.5. The molecular formula is C28H66N2O13Si4. The average Bonchev–Trinajstić information content (AvgIpc) is 2.91. The zero-order valence-electron chi connectivity index (χ0n) is 30.4. The van der Waals surface area contributed by atoms with Crippen molar-refractivity contribution in [3.8, 4) is 0 Å². The topological polar surface area (TPSA) is 209 Å². The zero-order chi connectivity index (χ0) is 36.5. The average molecular weight is 751 g/mol. The maximum Gasteiger partial charge on any atom is 0.469 e. The molecule has 0 radical (unpaired) electrons. The molecule has 1 amide bonds. The molecular weight excluding hydrogens is 685 g/mol. The van der Waals surface area contributed by atoms with Crippen LogP contribution in [0.25, 0.3) is 0 Å². The van der Waals surface area contributed by atoms with Crippen LogP contribution in [0.5, 0.6) is 0 Å². The second-order valence-electron chi connectivity index (χ2n) is 14.5. The molecule has 0 aromatic rings. The number of amides is 1. The summed E-state index contributed by atoms with van der Waals surface area (Å²) in [5.41, 5.74) is 0. The van der Waals surface area contributed by atoms with Crippen LogP contribution >= 0.6 is 0 Å². The normalized spacial score (nSPS) is 16.6. The molecule has 0 saturated carbocycles. The highest BCUT2D eigenvalue weighted by atomic mass is 28.5. The first kappa shape index (κ1) is 46.8. The van der Waals surface area contributed by atoms with Gasteiger partial charge in [0.05, 0.1) is 45.7 Å². The van der Waals surface area contributed by atoms with Crippen molar-refractivity contribution < 1.29 is 62.0 Å². The lowest BCUT2D eigenvalue weighted by atomic mass is 10.0. The fourth-order valence-electron chi connectivity index (χ4n) is 4.48. The fourth-order valence-corrected chi connectivity index (χ4v) is 19.1. The van der Waals surface area contributed by atoms with E-state index in [2.05, 4.69) is 64.2 Å². The van der Waals surface area contributed by atoms with E-state index in [9.17, 15) is 30.3 Å². The Labute approximate surface area is 286 Å². The standard InChI is InChI=1S/C28H66N2O13Si4/c1-38-15-16-39-17-18-40-22-23(32)20-30(14-12-29-28(37)27(36)26(35)25(34)24(33)21-31)13-11-19-47(41-44(2,3)4,42-45(5,6)7)43-46(8,9)10/h23-27,31-36H,11-22H2,1-10H3,(H,29,37). The first-order valence-corrected chi connectivity index (χ1v) is 28.5. The summed E-state index contributed by atoms with van der Waals surface area (Å²) in [6.07, 6.45) is -7.90. The van der Waals surface area contributed by atoms with Gasteiger partial charge in [-0.15, -0.1) is 0 Å². The third-order valence-electron chi connectivity index (χ3n) is 6.18. The Hall–Kier alpha value is -0.182. The summed E-state index contributed by atoms with van der Waals surface area (Å²) in [7, 11) is -7.70. The highest BCUT2D eigenvalue weighted by Crippen LogP contribution is 2.30. The summed E-state index contributed by atoms with van der Waals surface area (Å²) in [6, 6.07) is 0.579. The van der Waals surface area contributed by atoms with Crippen LogP contribution in [0.3, 0.4) is 0 Å². The van der Waals surface area contributed by atoms with Crippen LogP contribution < -0.4 is 5.32 Å². The summed E-state index contributed by atoms with van der Waals surface area (Å²) >= 11 is 0. The largest absolute Gasteiger partial charge is 0.469 e. The molecule has 0 bridgehead atoms. The van der Waals surface area contributed by atoms with E-state index >= 15 is 0 Å². The van der Waals surface area contributed by atoms with E-state index in [1.807, 2.05) is 4.90 Å². The summed E-state index contributed by atoms with van der Waals surface area (Å²) in [5.74, 6) is -0.957. The second-order valence-corrected chi connectivity index (χ2v) is 31.5. The number of hydrogen-bond donors (Lipinski definition) is 7. The van der Waals surface area contributed by atoms with Crippen molar-refractivity contribution in [2.75, 3.05) is 72.9 Å². The number of rotatable bonds is 28. The molecule has 47 heavy (non-hydrogen) atoms. The first-order valence-electron chi connectivity index (χ1n) is 16.3. The zero-order valence-corrected chi connectivity index (χ0v) is 34.4. The van der Waals surface area contributed by atoms with Gasteiger partial charge in [-0.25, -0.2) is 0 Å². The number of aliphatic hydroxyl groups is 6. The number of carbonyl (C=O) groups excluding carboxylic acids is 1. The Balaban J connectivity index is 5.63. The minimum atomic E-state index is -3.09. The van der Waals surface area contributed by atoms with Gasteiger partial charge in [0, 0.05) is 32.8 Å². The SMILES string of the molecule is COCCOCCOCC(O)CN(CCC[Si](O[Si](C)(C)C)(O[Si](C)(C)C)O[Si](C)(C)C)CCNC(=O)C(O)C(O)C(O)C(O)CO. The predicted octanol–water partition coefficient (Wildman–Crippen LogP) is -0.235. The van der Waals surface area contributed by atoms with Crippen LogP contribution in [0.15, 0.2) is 0 Å². The van der Waals surface area contributed by atoms with Crippen LogP contribution in [0.4, 0.5) is 0 Å². The van der Waals surface area contributed by atoms with Crippen molar-refractivity contribution in [1.29, 1.82) is 0 Å². The Morgan fingerprint density at radius 2 is 1.26 bits per heavy atom. The van der Waals surface area contributed by atoms with Crippen molar-refractivity contribution in [2.45, 2.75) is 102 Å². The van der Waals surface area contributed by atoms with E-state index in [0.29, 0.717) is 45.4 Å². The summed E-state index contributed by atoms with van der Waals surface area (Å²) < 4.78 is 36.2. The van der Waals surface area contributed by atoms with E-state index in [1.165, 1.54) is 0 Å². The van der Waals surface area contributed by atoms with E-state index < -0.39 is 76.8 Å². The number of ether oxygens (including phenoxy) is 3. The summed E-state index contributed by atoms with van der Waals surface area (Å²) in [4.78, 5) is 14.5. The van der Waals surface area contributed by atoms with Crippen LogP contribution in [0.2, 0.25) is 65.0 Å². The summed E-state index contributed by atoms with van der Waals surface area (Å²) in [5, 5.41) is 61.9. The molecule has 0 fully saturated rings. The minimum absolute atomic E-state index is 0.0486. The highest BCUT2D eigenvalue weighted by Gasteiger charge is 2.49. The fraction of sp³-hybridized carbons (Fsp3) is 0.964. The molecule has 15 nitrogen and oxygen atoms in total. The minimum Gasteiger partial charge on any atom is -0.417 e. The predicted molar refractivity (Wildman–Crippen MR) is 189 cm³/mol. The van der Waals surface area contributed by atoms with Crippen LogP contribution in [-0.4, -0.2) is 179 Å². The number of aliphatic hydroxyl groups excluding tert-OH is 6. The van der Waals surface area contributed by atoms with Gasteiger partial charge in [-0.2, -0.15) is 0 Å². The number of hydrogen-bond acceptors (Lipinski definition) is 14. The molecule has 0 rings (SSSR count). The van der Waals surface area contributed by atoms with Gasteiger partial charge in [-0.3, -0.25) is 9.69 Å². The van der Waals surface area contributed by atoms with Crippen molar-refractivity contribution in [1.82, 2.24) is 10.2 Å². The van der Waals surface area contributed by atoms with E-state index in [1.54, 1.807) is 7.11 Å². The van der Waals surface area contributed by atoms with Gasteiger partial charge in [-0.1, -0.05) is 0 Å². The van der Waals surface area contributed by atoms with Crippen molar-refractivity contribution in [3.05, 3.63) is 0 Å². The smallest absolute Gasteiger partial charge is 0.417 e. The molecule has 0 saturated heterocycles. The quantitative estimate of drug-likeness (QED) is 0.0407. The molecule has 5 atom stereocenters. The molecule has 7 N–H and O–H groups in total. The number of methoxy groups -OCH3 is 1. The van der Waals surface area contributed by atoms with Crippen LogP contribution in [0, 0.1) is 0 Å². The van der Waals surface area contributed by atoms with Crippen molar-refractivity contribution >= 4 is 39.7 Å². The highest BCUT2D eigenvalue weighted by molar-refractivity contribution is 6.90.